The lowest BCUT2D eigenvalue weighted by molar-refractivity contribution is -0.109. The molecule has 0 aromatic rings. The largest absolute Gasteiger partial charge is 0.321 e. The molecular weight excluding hydrogens is 160 g/mol. The highest BCUT2D eigenvalue weighted by atomic mass is 32.2. The van der Waals surface area contributed by atoms with Gasteiger partial charge in [0.25, 0.3) is 0 Å². The molecule has 0 saturated carbocycles. The number of carbonyl (C=O) groups is 1. The molecule has 1 rings (SSSR count). The number of aldehydes is 1. The van der Waals surface area contributed by atoms with Crippen LogP contribution >= 0.6 is 11.9 Å². The number of nitrogens with two attached hydrogens (primary N) is 2. The Bertz CT molecular complexity index is 203. The zero-order chi connectivity index (χ0) is 8.43. The van der Waals surface area contributed by atoms with E-state index in [1.165, 1.54) is 22.4 Å². The lowest BCUT2D eigenvalue weighted by Gasteiger charge is -2.09. The van der Waals surface area contributed by atoms with Crippen molar-refractivity contribution in [1.82, 2.24) is 0 Å². The van der Waals surface area contributed by atoms with Gasteiger partial charge in [0.1, 0.15) is 6.29 Å². The van der Waals surface area contributed by atoms with Gasteiger partial charge in [-0.25, -0.2) is 0 Å². The number of carbonyl (C=O) groups excluding carboxylic acids is 1. The molecule has 4 N–H and O–H groups in total. The molecule has 1 aliphatic carbocycles. The van der Waals surface area contributed by atoms with Gasteiger partial charge in [-0.1, -0.05) is 18.9 Å². The number of rotatable bonds is 4. The van der Waals surface area contributed by atoms with Crippen LogP contribution in [0.2, 0.25) is 0 Å². The average Bonchev–Trinajstić information content (AvgIpc) is 2.80. The van der Waals surface area contributed by atoms with E-state index in [4.69, 9.17) is 10.9 Å². The van der Waals surface area contributed by atoms with E-state index >= 15 is 0 Å². The van der Waals surface area contributed by atoms with Crippen molar-refractivity contribution in [3.05, 3.63) is 10.5 Å². The van der Waals surface area contributed by atoms with Gasteiger partial charge in [-0.05, 0) is 5.57 Å². The molecule has 0 radical (unpaired) electrons. The van der Waals surface area contributed by atoms with Crippen LogP contribution in [0, 0.1) is 5.92 Å². The molecule has 3 nitrogen and oxygen atoms in total. The molecule has 0 spiro atoms. The molecule has 0 aliphatic heterocycles. The molecule has 0 aromatic carbocycles. The molecule has 2 atom stereocenters. The molecule has 4 heteroatoms. The molecule has 0 aromatic heterocycles. The first-order valence-electron chi connectivity index (χ1n) is 3.50. The highest BCUT2D eigenvalue weighted by Gasteiger charge is 2.29. The van der Waals surface area contributed by atoms with Crippen LogP contribution in [0.3, 0.4) is 0 Å². The van der Waals surface area contributed by atoms with Crippen LogP contribution < -0.4 is 10.9 Å². The van der Waals surface area contributed by atoms with Crippen LogP contribution in [0.4, 0.5) is 0 Å². The third-order valence-electron chi connectivity index (χ3n) is 2.01. The summed E-state index contributed by atoms with van der Waals surface area (Å²) in [6.45, 7) is 1.96. The molecule has 0 amide bonds. The van der Waals surface area contributed by atoms with Crippen molar-refractivity contribution in [2.75, 3.05) is 0 Å². The Morgan fingerprint density at radius 3 is 2.73 bits per heavy atom. The van der Waals surface area contributed by atoms with Crippen molar-refractivity contribution in [3.63, 3.8) is 0 Å². The Balaban J connectivity index is 2.50. The number of hydrogen-bond acceptors (Lipinski definition) is 4. The van der Waals surface area contributed by atoms with Gasteiger partial charge in [-0.15, -0.1) is 0 Å². The fourth-order valence-corrected chi connectivity index (χ4v) is 1.59. The SMILES string of the molecule is CC(C1=C(SN)C1)[C@H](N)C=O. The summed E-state index contributed by atoms with van der Waals surface area (Å²) in [5.74, 6) is 0.165. The summed E-state index contributed by atoms with van der Waals surface area (Å²) in [5, 5.41) is 5.33. The van der Waals surface area contributed by atoms with Crippen LogP contribution in [0.1, 0.15) is 13.3 Å². The molecular formula is C7H12N2OS. The first kappa shape index (κ1) is 8.77. The van der Waals surface area contributed by atoms with Gasteiger partial charge in [-0.2, -0.15) is 0 Å². The Morgan fingerprint density at radius 2 is 2.36 bits per heavy atom. The third kappa shape index (κ3) is 1.83. The Morgan fingerprint density at radius 1 is 1.73 bits per heavy atom. The van der Waals surface area contributed by atoms with E-state index in [1.54, 1.807) is 0 Å². The summed E-state index contributed by atoms with van der Waals surface area (Å²) < 4.78 is 0. The predicted molar refractivity (Wildman–Crippen MR) is 46.6 cm³/mol. The highest BCUT2D eigenvalue weighted by Crippen LogP contribution is 2.42. The summed E-state index contributed by atoms with van der Waals surface area (Å²) in [4.78, 5) is 11.5. The maximum atomic E-state index is 10.3. The summed E-state index contributed by atoms with van der Waals surface area (Å²) in [6.07, 6.45) is 1.73. The lowest BCUT2D eigenvalue weighted by Crippen LogP contribution is -2.29. The minimum atomic E-state index is -0.366. The minimum Gasteiger partial charge on any atom is -0.321 e. The van der Waals surface area contributed by atoms with E-state index in [0.29, 0.717) is 0 Å². The molecule has 0 heterocycles. The molecule has 1 aliphatic rings. The van der Waals surface area contributed by atoms with Crippen LogP contribution in [0.15, 0.2) is 10.5 Å². The zero-order valence-corrected chi connectivity index (χ0v) is 7.23. The van der Waals surface area contributed by atoms with E-state index in [0.717, 1.165) is 12.7 Å². The van der Waals surface area contributed by atoms with Gasteiger partial charge in [0, 0.05) is 17.2 Å². The first-order valence-corrected chi connectivity index (χ1v) is 4.38. The van der Waals surface area contributed by atoms with E-state index < -0.39 is 0 Å². The van der Waals surface area contributed by atoms with Gasteiger partial charge in [0.05, 0.1) is 6.04 Å². The van der Waals surface area contributed by atoms with Crippen molar-refractivity contribution in [2.24, 2.45) is 16.8 Å². The maximum Gasteiger partial charge on any atom is 0.137 e. The second kappa shape index (κ2) is 3.38. The van der Waals surface area contributed by atoms with Crippen LogP contribution in [-0.4, -0.2) is 12.3 Å². The standard InChI is InChI=1S/C7H12N2OS/c1-4(6(8)3-10)5-2-7(5)11-9/h3-4,6H,2,8-9H2,1H3/t4?,6-/m1/s1. The van der Waals surface area contributed by atoms with E-state index in [-0.39, 0.29) is 12.0 Å². The number of allylic oxidation sites excluding steroid dienone is 1. The van der Waals surface area contributed by atoms with E-state index in [9.17, 15) is 4.79 Å². The Labute approximate surface area is 70.3 Å². The zero-order valence-electron chi connectivity index (χ0n) is 6.41. The summed E-state index contributed by atoms with van der Waals surface area (Å²) in [5.41, 5.74) is 6.77. The smallest absolute Gasteiger partial charge is 0.137 e. The van der Waals surface area contributed by atoms with Crippen molar-refractivity contribution in [2.45, 2.75) is 19.4 Å². The first-order chi connectivity index (χ1) is 5.20. The van der Waals surface area contributed by atoms with Crippen molar-refractivity contribution in [3.8, 4) is 0 Å². The second-order valence-corrected chi connectivity index (χ2v) is 3.47. The Kier molecular flexibility index (Phi) is 2.70. The van der Waals surface area contributed by atoms with E-state index in [1.807, 2.05) is 6.92 Å². The molecule has 1 unspecified atom stereocenters. The lowest BCUT2D eigenvalue weighted by atomic mass is 10.0. The molecule has 0 bridgehead atoms. The fraction of sp³-hybridized carbons (Fsp3) is 0.571. The van der Waals surface area contributed by atoms with Crippen molar-refractivity contribution >= 4 is 18.2 Å². The van der Waals surface area contributed by atoms with Gasteiger partial charge in [-0.3, -0.25) is 5.14 Å². The van der Waals surface area contributed by atoms with Crippen LogP contribution in [0.25, 0.3) is 0 Å². The van der Waals surface area contributed by atoms with Crippen LogP contribution in [-0.2, 0) is 4.79 Å². The normalized spacial score (nSPS) is 21.4. The average molecular weight is 172 g/mol. The summed E-state index contributed by atoms with van der Waals surface area (Å²) in [7, 11) is 0. The molecule has 0 saturated heterocycles. The quantitative estimate of drug-likeness (QED) is 0.476. The number of hydrogen-bond donors (Lipinski definition) is 2. The topological polar surface area (TPSA) is 69.1 Å². The van der Waals surface area contributed by atoms with Crippen molar-refractivity contribution < 1.29 is 4.79 Å². The molecule has 62 valence electrons. The van der Waals surface area contributed by atoms with Crippen molar-refractivity contribution in [1.29, 1.82) is 0 Å². The van der Waals surface area contributed by atoms with Gasteiger partial charge < -0.3 is 10.5 Å². The van der Waals surface area contributed by atoms with Crippen LogP contribution in [0.5, 0.6) is 0 Å². The maximum absolute atomic E-state index is 10.3. The fourth-order valence-electron chi connectivity index (χ4n) is 1.01. The summed E-state index contributed by atoms with van der Waals surface area (Å²) >= 11 is 1.26. The molecule has 11 heavy (non-hydrogen) atoms. The van der Waals surface area contributed by atoms with E-state index in [2.05, 4.69) is 0 Å². The van der Waals surface area contributed by atoms with Gasteiger partial charge >= 0.3 is 0 Å². The Hall–Kier alpha value is -0.320. The minimum absolute atomic E-state index is 0.165. The van der Waals surface area contributed by atoms with Gasteiger partial charge in [0.15, 0.2) is 0 Å². The second-order valence-electron chi connectivity index (χ2n) is 2.75. The third-order valence-corrected chi connectivity index (χ3v) is 2.70. The summed E-state index contributed by atoms with van der Waals surface area (Å²) in [6, 6.07) is -0.366. The van der Waals surface area contributed by atoms with Gasteiger partial charge in [0.2, 0.25) is 0 Å². The highest BCUT2D eigenvalue weighted by molar-refractivity contribution is 8.01. The predicted octanol–water partition coefficient (Wildman–Crippen LogP) is 0.413. The monoisotopic (exact) mass is 172 g/mol. The molecule has 0 fully saturated rings.